The van der Waals surface area contributed by atoms with E-state index in [1.54, 1.807) is 0 Å². The molecule has 0 aliphatic rings. The van der Waals surface area contributed by atoms with Crippen molar-refractivity contribution in [1.29, 1.82) is 0 Å². The van der Waals surface area contributed by atoms with Gasteiger partial charge in [-0.05, 0) is 11.6 Å². The lowest BCUT2D eigenvalue weighted by molar-refractivity contribution is -0.384. The number of benzene rings is 2. The fraction of sp³-hybridized carbons (Fsp3) is 0.0667. The van der Waals surface area contributed by atoms with Crippen molar-refractivity contribution in [3.05, 3.63) is 70.0 Å². The minimum Gasteiger partial charge on any atom is -0.507 e. The number of phenols is 1. The number of phenolic OH excluding ortho intramolecular Hbond substituents is 1. The summed E-state index contributed by atoms with van der Waals surface area (Å²) >= 11 is 0. The van der Waals surface area contributed by atoms with Gasteiger partial charge < -0.3 is 10.8 Å². The van der Waals surface area contributed by atoms with E-state index in [9.17, 15) is 15.2 Å². The molecule has 1 atom stereocenters. The van der Waals surface area contributed by atoms with Crippen LogP contribution in [0.2, 0.25) is 0 Å². The van der Waals surface area contributed by atoms with Crippen LogP contribution in [0.1, 0.15) is 17.4 Å². The highest BCUT2D eigenvalue weighted by atomic mass is 16.6. The van der Waals surface area contributed by atoms with Crippen LogP contribution in [0.3, 0.4) is 0 Å². The van der Waals surface area contributed by atoms with Crippen molar-refractivity contribution in [2.75, 3.05) is 0 Å². The number of nitrogens with zero attached hydrogens (tertiary/aromatic N) is 3. The average molecular weight is 311 g/mol. The van der Waals surface area contributed by atoms with E-state index in [1.165, 1.54) is 18.2 Å². The SMILES string of the molecule is N[C@H](c1ccccc1)c1nc(-c2cc([N+](=O)[O-])ccc2O)n[nH]1. The Balaban J connectivity index is 1.96. The molecule has 0 spiro atoms. The third kappa shape index (κ3) is 2.87. The molecule has 1 aromatic heterocycles. The van der Waals surface area contributed by atoms with E-state index in [-0.39, 0.29) is 22.8 Å². The molecule has 0 saturated heterocycles. The average Bonchev–Trinajstić information content (AvgIpc) is 3.05. The standard InChI is InChI=1S/C15H13N5O3/c16-13(9-4-2-1-3-5-9)15-17-14(18-19-15)11-8-10(20(22)23)6-7-12(11)21/h1-8,13,21H,16H2,(H,17,18,19)/t13-/m1/s1. The number of hydrogen-bond donors (Lipinski definition) is 3. The quantitative estimate of drug-likeness (QED) is 0.499. The summed E-state index contributed by atoms with van der Waals surface area (Å²) in [6, 6.07) is 12.5. The third-order valence-corrected chi connectivity index (χ3v) is 3.39. The van der Waals surface area contributed by atoms with Crippen LogP contribution in [0.5, 0.6) is 5.75 Å². The number of aromatic hydroxyl groups is 1. The zero-order chi connectivity index (χ0) is 16.4. The molecular weight excluding hydrogens is 298 g/mol. The molecule has 3 rings (SSSR count). The van der Waals surface area contributed by atoms with Crippen LogP contribution in [-0.2, 0) is 0 Å². The van der Waals surface area contributed by atoms with Crippen molar-refractivity contribution in [3.63, 3.8) is 0 Å². The second-order valence-corrected chi connectivity index (χ2v) is 4.89. The zero-order valence-corrected chi connectivity index (χ0v) is 11.9. The molecule has 116 valence electrons. The van der Waals surface area contributed by atoms with Gasteiger partial charge in [0, 0.05) is 12.1 Å². The highest BCUT2D eigenvalue weighted by molar-refractivity contribution is 5.66. The van der Waals surface area contributed by atoms with Gasteiger partial charge in [-0.1, -0.05) is 30.3 Å². The predicted octanol–water partition coefficient (Wildman–Crippen LogP) is 2.13. The maximum Gasteiger partial charge on any atom is 0.270 e. The van der Waals surface area contributed by atoms with Crippen molar-refractivity contribution in [2.24, 2.45) is 5.73 Å². The van der Waals surface area contributed by atoms with Crippen LogP contribution in [0.4, 0.5) is 5.69 Å². The van der Waals surface area contributed by atoms with Crippen molar-refractivity contribution in [1.82, 2.24) is 15.2 Å². The number of non-ortho nitro benzene ring substituents is 1. The Morgan fingerprint density at radius 1 is 1.22 bits per heavy atom. The molecule has 0 fully saturated rings. The Morgan fingerprint density at radius 2 is 1.96 bits per heavy atom. The number of rotatable bonds is 4. The highest BCUT2D eigenvalue weighted by Gasteiger charge is 2.18. The van der Waals surface area contributed by atoms with Gasteiger partial charge in [0.15, 0.2) is 5.82 Å². The molecule has 23 heavy (non-hydrogen) atoms. The van der Waals surface area contributed by atoms with E-state index in [2.05, 4.69) is 15.2 Å². The number of nitro benzene ring substituents is 1. The maximum atomic E-state index is 10.8. The minimum absolute atomic E-state index is 0.144. The van der Waals surface area contributed by atoms with Crippen LogP contribution in [0.15, 0.2) is 48.5 Å². The number of nitro groups is 1. The molecule has 0 unspecified atom stereocenters. The summed E-state index contributed by atoms with van der Waals surface area (Å²) in [6.07, 6.45) is 0. The highest BCUT2D eigenvalue weighted by Crippen LogP contribution is 2.31. The fourth-order valence-corrected chi connectivity index (χ4v) is 2.17. The van der Waals surface area contributed by atoms with Gasteiger partial charge in [0.25, 0.3) is 5.69 Å². The van der Waals surface area contributed by atoms with Crippen LogP contribution < -0.4 is 5.73 Å². The molecule has 0 amide bonds. The molecule has 0 saturated carbocycles. The first kappa shape index (κ1) is 14.7. The lowest BCUT2D eigenvalue weighted by Crippen LogP contribution is -2.13. The monoisotopic (exact) mass is 311 g/mol. The molecule has 0 bridgehead atoms. The number of aromatic nitrogens is 3. The lowest BCUT2D eigenvalue weighted by atomic mass is 10.1. The normalized spacial score (nSPS) is 12.0. The number of hydrogen-bond acceptors (Lipinski definition) is 6. The molecule has 1 heterocycles. The van der Waals surface area contributed by atoms with E-state index in [0.717, 1.165) is 5.56 Å². The predicted molar refractivity (Wildman–Crippen MR) is 82.6 cm³/mol. The smallest absolute Gasteiger partial charge is 0.270 e. The van der Waals surface area contributed by atoms with Crippen LogP contribution >= 0.6 is 0 Å². The van der Waals surface area contributed by atoms with Gasteiger partial charge in [-0.15, -0.1) is 0 Å². The second-order valence-electron chi connectivity index (χ2n) is 4.89. The Kier molecular flexibility index (Phi) is 3.73. The fourth-order valence-electron chi connectivity index (χ4n) is 2.17. The summed E-state index contributed by atoms with van der Waals surface area (Å²) in [5, 5.41) is 27.4. The number of H-pyrrole nitrogens is 1. The number of nitrogens with one attached hydrogen (secondary N) is 1. The first-order chi connectivity index (χ1) is 11.1. The molecule has 8 nitrogen and oxygen atoms in total. The van der Waals surface area contributed by atoms with Gasteiger partial charge >= 0.3 is 0 Å². The largest absolute Gasteiger partial charge is 0.507 e. The number of nitrogens with two attached hydrogens (primary N) is 1. The molecule has 3 aromatic rings. The van der Waals surface area contributed by atoms with E-state index in [4.69, 9.17) is 5.73 Å². The summed E-state index contributed by atoms with van der Waals surface area (Å²) in [5.41, 5.74) is 6.98. The van der Waals surface area contributed by atoms with Crippen LogP contribution in [0, 0.1) is 10.1 Å². The van der Waals surface area contributed by atoms with Crippen molar-refractivity contribution in [3.8, 4) is 17.1 Å². The third-order valence-electron chi connectivity index (χ3n) is 3.39. The number of aromatic amines is 1. The van der Waals surface area contributed by atoms with E-state index < -0.39 is 11.0 Å². The van der Waals surface area contributed by atoms with Crippen molar-refractivity contribution < 1.29 is 10.0 Å². The van der Waals surface area contributed by atoms with E-state index in [1.807, 2.05) is 30.3 Å². The maximum absolute atomic E-state index is 10.8. The van der Waals surface area contributed by atoms with E-state index in [0.29, 0.717) is 5.82 Å². The first-order valence-corrected chi connectivity index (χ1v) is 6.77. The Morgan fingerprint density at radius 3 is 2.65 bits per heavy atom. The van der Waals surface area contributed by atoms with Gasteiger partial charge in [-0.25, -0.2) is 4.98 Å². The van der Waals surface area contributed by atoms with Crippen LogP contribution in [-0.4, -0.2) is 25.2 Å². The first-order valence-electron chi connectivity index (χ1n) is 6.77. The van der Waals surface area contributed by atoms with Gasteiger partial charge in [-0.2, -0.15) is 5.10 Å². The Labute approximate surface area is 130 Å². The molecule has 2 aromatic carbocycles. The van der Waals surface area contributed by atoms with Gasteiger partial charge in [-0.3, -0.25) is 15.2 Å². The summed E-state index contributed by atoms with van der Waals surface area (Å²) < 4.78 is 0. The lowest BCUT2D eigenvalue weighted by Gasteiger charge is -2.07. The Hall–Kier alpha value is -3.26. The molecule has 0 aliphatic carbocycles. The van der Waals surface area contributed by atoms with Gasteiger partial charge in [0.05, 0.1) is 16.5 Å². The second kappa shape index (κ2) is 5.85. The molecule has 4 N–H and O–H groups in total. The van der Waals surface area contributed by atoms with E-state index >= 15 is 0 Å². The molecule has 0 radical (unpaired) electrons. The van der Waals surface area contributed by atoms with Crippen molar-refractivity contribution >= 4 is 5.69 Å². The Bertz CT molecular complexity index is 847. The van der Waals surface area contributed by atoms with Crippen molar-refractivity contribution in [2.45, 2.75) is 6.04 Å². The zero-order valence-electron chi connectivity index (χ0n) is 11.9. The summed E-state index contributed by atoms with van der Waals surface area (Å²) in [4.78, 5) is 14.5. The topological polar surface area (TPSA) is 131 Å². The summed E-state index contributed by atoms with van der Waals surface area (Å²) in [7, 11) is 0. The minimum atomic E-state index is -0.549. The molecule has 8 heteroatoms. The van der Waals surface area contributed by atoms with Gasteiger partial charge in [0.2, 0.25) is 0 Å². The van der Waals surface area contributed by atoms with Gasteiger partial charge in [0.1, 0.15) is 11.6 Å². The molecular formula is C15H13N5O3. The summed E-state index contributed by atoms with van der Waals surface area (Å²) in [6.45, 7) is 0. The summed E-state index contributed by atoms with van der Waals surface area (Å²) in [5.74, 6) is 0.402. The van der Waals surface area contributed by atoms with Crippen LogP contribution in [0.25, 0.3) is 11.4 Å². The molecule has 0 aliphatic heterocycles.